The molecule has 2 fully saturated rings. The first kappa shape index (κ1) is 30.1. The topological polar surface area (TPSA) is 161 Å². The number of rotatable bonds is 15. The minimum absolute atomic E-state index is 0.182. The highest BCUT2D eigenvalue weighted by molar-refractivity contribution is 6.05. The lowest BCUT2D eigenvalue weighted by Gasteiger charge is -2.29. The second-order valence-electron chi connectivity index (χ2n) is 10.5. The Morgan fingerprint density at radius 1 is 0.950 bits per heavy atom. The number of imide groups is 1. The lowest BCUT2D eigenvalue weighted by molar-refractivity contribution is -0.137. The number of anilines is 1. The van der Waals surface area contributed by atoms with Crippen molar-refractivity contribution in [3.8, 4) is 0 Å². The van der Waals surface area contributed by atoms with E-state index in [1.54, 1.807) is 18.2 Å². The van der Waals surface area contributed by atoms with Crippen molar-refractivity contribution >= 4 is 29.3 Å². The average Bonchev–Trinajstić information content (AvgIpc) is 3.25. The van der Waals surface area contributed by atoms with Crippen molar-refractivity contribution in [2.75, 3.05) is 51.5 Å². The van der Waals surface area contributed by atoms with E-state index in [9.17, 15) is 19.2 Å². The number of amides is 4. The molecule has 3 aliphatic rings. The molecule has 0 spiro atoms. The SMILES string of the molecule is N[C@H]1CC[C@@H](NCCOCCOCCOCCC(=O)Nc2ccc3c(c2)CN(C2CCC(=O)NC2=O)C3=O)CC1. The predicted molar refractivity (Wildman–Crippen MR) is 146 cm³/mol. The number of hydrogen-bond acceptors (Lipinski definition) is 9. The minimum Gasteiger partial charge on any atom is -0.379 e. The van der Waals surface area contributed by atoms with Crippen LogP contribution in [0.3, 0.4) is 0 Å². The van der Waals surface area contributed by atoms with Crippen molar-refractivity contribution in [3.63, 3.8) is 0 Å². The van der Waals surface area contributed by atoms with Gasteiger partial charge in [0.25, 0.3) is 5.91 Å². The Labute approximate surface area is 234 Å². The van der Waals surface area contributed by atoms with Gasteiger partial charge < -0.3 is 35.5 Å². The fraction of sp³-hybridized carbons (Fsp3) is 0.643. The third kappa shape index (κ3) is 8.80. The average molecular weight is 560 g/mol. The largest absolute Gasteiger partial charge is 0.379 e. The van der Waals surface area contributed by atoms with Gasteiger partial charge in [-0.1, -0.05) is 0 Å². The zero-order valence-electron chi connectivity index (χ0n) is 23.0. The van der Waals surface area contributed by atoms with Crippen LogP contribution < -0.4 is 21.7 Å². The molecule has 5 N–H and O–H groups in total. The molecule has 1 aromatic rings. The maximum atomic E-state index is 12.8. The van der Waals surface area contributed by atoms with Crippen LogP contribution in [0.5, 0.6) is 0 Å². The standard InChI is InChI=1S/C28H41N5O7/c29-20-1-3-21(4-2-20)30-10-12-39-14-16-40-15-13-38-11-9-26(35)31-22-5-6-23-19(17-22)18-33(28(23)37)24-7-8-25(34)32-27(24)36/h5-6,17,20-21,24,30H,1-4,7-16,18,29H2,(H,31,35)(H,32,34,36)/t20-,21+,24?. The Morgan fingerprint density at radius 2 is 1.65 bits per heavy atom. The fourth-order valence-electron chi connectivity index (χ4n) is 5.24. The van der Waals surface area contributed by atoms with Gasteiger partial charge in [-0.3, -0.25) is 24.5 Å². The maximum absolute atomic E-state index is 12.8. The molecule has 1 aromatic carbocycles. The molecule has 0 radical (unpaired) electrons. The van der Waals surface area contributed by atoms with Crippen LogP contribution in [0.1, 0.15) is 60.9 Å². The summed E-state index contributed by atoms with van der Waals surface area (Å²) in [6.07, 6.45) is 5.14. The van der Waals surface area contributed by atoms with Crippen LogP contribution in [0, 0.1) is 0 Å². The highest BCUT2D eigenvalue weighted by Crippen LogP contribution is 2.29. The van der Waals surface area contributed by atoms with E-state index in [4.69, 9.17) is 19.9 Å². The van der Waals surface area contributed by atoms with Gasteiger partial charge in [-0.05, 0) is 55.9 Å². The number of ether oxygens (including phenoxy) is 3. The molecular weight excluding hydrogens is 518 g/mol. The molecule has 1 unspecified atom stereocenters. The number of hydrogen-bond donors (Lipinski definition) is 4. The van der Waals surface area contributed by atoms with Crippen molar-refractivity contribution in [3.05, 3.63) is 29.3 Å². The molecule has 12 nitrogen and oxygen atoms in total. The molecular formula is C28H41N5O7. The fourth-order valence-corrected chi connectivity index (χ4v) is 5.24. The summed E-state index contributed by atoms with van der Waals surface area (Å²) in [6, 6.07) is 5.31. The molecule has 1 atom stereocenters. The first-order valence-electron chi connectivity index (χ1n) is 14.2. The highest BCUT2D eigenvalue weighted by Gasteiger charge is 2.39. The van der Waals surface area contributed by atoms with E-state index in [2.05, 4.69) is 16.0 Å². The summed E-state index contributed by atoms with van der Waals surface area (Å²) in [5.41, 5.74) is 7.73. The Balaban J connectivity index is 1.02. The van der Waals surface area contributed by atoms with Gasteiger partial charge in [-0.25, -0.2) is 0 Å². The molecule has 220 valence electrons. The maximum Gasteiger partial charge on any atom is 0.255 e. The molecule has 2 heterocycles. The summed E-state index contributed by atoms with van der Waals surface area (Å²) in [5, 5.41) is 8.62. The number of fused-ring (bicyclic) bond motifs is 1. The third-order valence-corrected chi connectivity index (χ3v) is 7.48. The molecule has 12 heteroatoms. The van der Waals surface area contributed by atoms with Crippen LogP contribution in [0.4, 0.5) is 5.69 Å². The van der Waals surface area contributed by atoms with Gasteiger partial charge in [-0.15, -0.1) is 0 Å². The zero-order valence-corrected chi connectivity index (χ0v) is 23.0. The summed E-state index contributed by atoms with van der Waals surface area (Å²) in [6.45, 7) is 3.82. The van der Waals surface area contributed by atoms with Gasteiger partial charge in [-0.2, -0.15) is 0 Å². The first-order valence-corrected chi connectivity index (χ1v) is 14.2. The van der Waals surface area contributed by atoms with Gasteiger partial charge in [0.15, 0.2) is 0 Å². The van der Waals surface area contributed by atoms with E-state index in [0.717, 1.165) is 37.8 Å². The van der Waals surface area contributed by atoms with Crippen LogP contribution >= 0.6 is 0 Å². The van der Waals surface area contributed by atoms with Gasteiger partial charge in [0.2, 0.25) is 17.7 Å². The number of nitrogens with two attached hydrogens (primary N) is 1. The Morgan fingerprint density at radius 3 is 2.38 bits per heavy atom. The zero-order chi connectivity index (χ0) is 28.3. The predicted octanol–water partition coefficient (Wildman–Crippen LogP) is 0.686. The van der Waals surface area contributed by atoms with Gasteiger partial charge in [0.05, 0.1) is 46.1 Å². The molecule has 1 aliphatic carbocycles. The van der Waals surface area contributed by atoms with Crippen LogP contribution in [-0.2, 0) is 35.1 Å². The van der Waals surface area contributed by atoms with E-state index in [1.165, 1.54) is 4.90 Å². The normalized spacial score (nSPS) is 22.8. The third-order valence-electron chi connectivity index (χ3n) is 7.48. The van der Waals surface area contributed by atoms with E-state index in [0.29, 0.717) is 62.8 Å². The molecule has 0 bridgehead atoms. The van der Waals surface area contributed by atoms with Crippen molar-refractivity contribution < 1.29 is 33.4 Å². The molecule has 4 amide bonds. The van der Waals surface area contributed by atoms with Crippen LogP contribution in [0.15, 0.2) is 18.2 Å². The molecule has 1 saturated heterocycles. The Bertz CT molecular complexity index is 1040. The number of piperidine rings is 1. The minimum atomic E-state index is -0.668. The second kappa shape index (κ2) is 15.2. The van der Waals surface area contributed by atoms with E-state index in [-0.39, 0.29) is 43.7 Å². The van der Waals surface area contributed by atoms with Crippen LogP contribution in [0.25, 0.3) is 0 Å². The van der Waals surface area contributed by atoms with Crippen molar-refractivity contribution in [2.24, 2.45) is 5.73 Å². The first-order chi connectivity index (χ1) is 19.4. The van der Waals surface area contributed by atoms with Crippen molar-refractivity contribution in [1.82, 2.24) is 15.5 Å². The molecule has 2 aliphatic heterocycles. The summed E-state index contributed by atoms with van der Waals surface area (Å²) in [7, 11) is 0. The molecule has 1 saturated carbocycles. The van der Waals surface area contributed by atoms with Crippen molar-refractivity contribution in [2.45, 2.75) is 69.6 Å². The lowest BCUT2D eigenvalue weighted by atomic mass is 9.92. The number of benzene rings is 1. The Hall–Kier alpha value is -2.90. The molecule has 40 heavy (non-hydrogen) atoms. The van der Waals surface area contributed by atoms with Crippen molar-refractivity contribution in [1.29, 1.82) is 0 Å². The summed E-state index contributed by atoms with van der Waals surface area (Å²) >= 11 is 0. The number of carbonyl (C=O) groups excluding carboxylic acids is 4. The number of nitrogens with zero attached hydrogens (tertiary/aromatic N) is 1. The van der Waals surface area contributed by atoms with E-state index >= 15 is 0 Å². The molecule has 0 aromatic heterocycles. The summed E-state index contributed by atoms with van der Waals surface area (Å²) < 4.78 is 16.6. The number of carbonyl (C=O) groups is 4. The Kier molecular flexibility index (Phi) is 11.4. The van der Waals surface area contributed by atoms with E-state index in [1.807, 2.05) is 0 Å². The highest BCUT2D eigenvalue weighted by atomic mass is 16.5. The second-order valence-corrected chi connectivity index (χ2v) is 10.5. The smallest absolute Gasteiger partial charge is 0.255 e. The lowest BCUT2D eigenvalue weighted by Crippen LogP contribution is -2.52. The van der Waals surface area contributed by atoms with E-state index < -0.39 is 11.9 Å². The van der Waals surface area contributed by atoms with Crippen LogP contribution in [-0.4, -0.2) is 92.8 Å². The molecule has 4 rings (SSSR count). The van der Waals surface area contributed by atoms with Gasteiger partial charge >= 0.3 is 0 Å². The van der Waals surface area contributed by atoms with Gasteiger partial charge in [0, 0.05) is 42.8 Å². The van der Waals surface area contributed by atoms with Gasteiger partial charge in [0.1, 0.15) is 6.04 Å². The monoisotopic (exact) mass is 559 g/mol. The van der Waals surface area contributed by atoms with Crippen LogP contribution in [0.2, 0.25) is 0 Å². The summed E-state index contributed by atoms with van der Waals surface area (Å²) in [4.78, 5) is 50.2. The summed E-state index contributed by atoms with van der Waals surface area (Å²) in [5.74, 6) is -1.22. The number of nitrogens with one attached hydrogen (secondary N) is 3. The quantitative estimate of drug-likeness (QED) is 0.179.